The van der Waals surface area contributed by atoms with Crippen molar-refractivity contribution in [1.29, 1.82) is 0 Å². The molecule has 1 aromatic rings. The molecule has 0 spiro atoms. The second kappa shape index (κ2) is 4.93. The highest BCUT2D eigenvalue weighted by molar-refractivity contribution is 7.09. The number of thiazole rings is 1. The van der Waals surface area contributed by atoms with Crippen LogP contribution in [-0.2, 0) is 6.54 Å². The van der Waals surface area contributed by atoms with Gasteiger partial charge in [0.15, 0.2) is 0 Å². The van der Waals surface area contributed by atoms with E-state index in [-0.39, 0.29) is 0 Å². The normalized spacial score (nSPS) is 23.2. The lowest BCUT2D eigenvalue weighted by Crippen LogP contribution is -2.43. The van der Waals surface area contributed by atoms with Gasteiger partial charge in [0, 0.05) is 17.5 Å². The lowest BCUT2D eigenvalue weighted by atomic mass is 9.63. The zero-order valence-electron chi connectivity index (χ0n) is 12.3. The lowest BCUT2D eigenvalue weighted by Gasteiger charge is -2.45. The first-order chi connectivity index (χ1) is 8.27. The summed E-state index contributed by atoms with van der Waals surface area (Å²) in [5.74, 6) is 0. The predicted molar refractivity (Wildman–Crippen MR) is 78.9 cm³/mol. The zero-order chi connectivity index (χ0) is 13.4. The van der Waals surface area contributed by atoms with Gasteiger partial charge in [-0.15, -0.1) is 11.3 Å². The van der Waals surface area contributed by atoms with Gasteiger partial charge in [0.1, 0.15) is 0 Å². The SMILES string of the molecule is Cc1ncsc1CNC1CC(C)(C)CC(C)(C)C1. The molecule has 102 valence electrons. The van der Waals surface area contributed by atoms with Gasteiger partial charge in [-0.3, -0.25) is 0 Å². The van der Waals surface area contributed by atoms with Crippen LogP contribution < -0.4 is 5.32 Å². The molecule has 18 heavy (non-hydrogen) atoms. The summed E-state index contributed by atoms with van der Waals surface area (Å²) in [7, 11) is 0. The van der Waals surface area contributed by atoms with Crippen molar-refractivity contribution in [3.8, 4) is 0 Å². The Balaban J connectivity index is 1.95. The van der Waals surface area contributed by atoms with Gasteiger partial charge in [-0.1, -0.05) is 27.7 Å². The summed E-state index contributed by atoms with van der Waals surface area (Å²) in [5.41, 5.74) is 4.05. The molecule has 1 saturated carbocycles. The topological polar surface area (TPSA) is 24.9 Å². The highest BCUT2D eigenvalue weighted by Crippen LogP contribution is 2.45. The molecule has 1 fully saturated rings. The quantitative estimate of drug-likeness (QED) is 0.889. The number of hydrogen-bond donors (Lipinski definition) is 1. The van der Waals surface area contributed by atoms with Crippen LogP contribution in [0.4, 0.5) is 0 Å². The fourth-order valence-corrected chi connectivity index (χ4v) is 4.45. The first-order valence-corrected chi connectivity index (χ1v) is 7.78. The number of aryl methyl sites for hydroxylation is 1. The van der Waals surface area contributed by atoms with Crippen LogP contribution in [-0.4, -0.2) is 11.0 Å². The number of hydrogen-bond acceptors (Lipinski definition) is 3. The van der Waals surface area contributed by atoms with Gasteiger partial charge in [-0.25, -0.2) is 4.98 Å². The van der Waals surface area contributed by atoms with Crippen LogP contribution in [0.1, 0.15) is 57.5 Å². The molecule has 3 heteroatoms. The molecule has 0 unspecified atom stereocenters. The first-order valence-electron chi connectivity index (χ1n) is 6.90. The van der Waals surface area contributed by atoms with Gasteiger partial charge >= 0.3 is 0 Å². The summed E-state index contributed by atoms with van der Waals surface area (Å²) >= 11 is 1.76. The lowest BCUT2D eigenvalue weighted by molar-refractivity contribution is 0.0846. The Hall–Kier alpha value is -0.410. The largest absolute Gasteiger partial charge is 0.309 e. The van der Waals surface area contributed by atoms with Crippen molar-refractivity contribution in [2.45, 2.75) is 66.5 Å². The molecule has 0 aromatic carbocycles. The summed E-state index contributed by atoms with van der Waals surface area (Å²) in [4.78, 5) is 5.70. The first kappa shape index (κ1) is 14.0. The van der Waals surface area contributed by atoms with Crippen molar-refractivity contribution in [2.75, 3.05) is 0 Å². The molecule has 0 amide bonds. The van der Waals surface area contributed by atoms with Crippen molar-refractivity contribution in [2.24, 2.45) is 10.8 Å². The molecule has 1 aliphatic carbocycles. The van der Waals surface area contributed by atoms with Gasteiger partial charge < -0.3 is 5.32 Å². The summed E-state index contributed by atoms with van der Waals surface area (Å²) in [5, 5.41) is 3.75. The molecule has 0 saturated heterocycles. The summed E-state index contributed by atoms with van der Waals surface area (Å²) in [6.07, 6.45) is 3.90. The van der Waals surface area contributed by atoms with E-state index < -0.39 is 0 Å². The van der Waals surface area contributed by atoms with Crippen LogP contribution >= 0.6 is 11.3 Å². The Morgan fingerprint density at radius 2 is 1.89 bits per heavy atom. The van der Waals surface area contributed by atoms with E-state index in [0.717, 1.165) is 6.54 Å². The van der Waals surface area contributed by atoms with Crippen molar-refractivity contribution in [1.82, 2.24) is 10.3 Å². The van der Waals surface area contributed by atoms with E-state index in [0.29, 0.717) is 16.9 Å². The number of aromatic nitrogens is 1. The standard InChI is InChI=1S/C15H26N2S/c1-11-13(18-10-17-11)8-16-12-6-14(2,3)9-15(4,5)7-12/h10,12,16H,6-9H2,1-5H3. The van der Waals surface area contributed by atoms with Crippen molar-refractivity contribution in [3.05, 3.63) is 16.1 Å². The maximum Gasteiger partial charge on any atom is 0.0798 e. The van der Waals surface area contributed by atoms with E-state index in [4.69, 9.17) is 0 Å². The Labute approximate surface area is 115 Å². The molecular weight excluding hydrogens is 240 g/mol. The molecule has 0 aliphatic heterocycles. The highest BCUT2D eigenvalue weighted by Gasteiger charge is 2.38. The van der Waals surface area contributed by atoms with Crippen LogP contribution in [0, 0.1) is 17.8 Å². The fraction of sp³-hybridized carbons (Fsp3) is 0.800. The van der Waals surface area contributed by atoms with E-state index in [1.165, 1.54) is 29.8 Å². The molecule has 1 heterocycles. The van der Waals surface area contributed by atoms with E-state index in [1.54, 1.807) is 11.3 Å². The smallest absolute Gasteiger partial charge is 0.0798 e. The van der Waals surface area contributed by atoms with Gasteiger partial charge in [0.05, 0.1) is 11.2 Å². The monoisotopic (exact) mass is 266 g/mol. The van der Waals surface area contributed by atoms with Crippen molar-refractivity contribution < 1.29 is 0 Å². The fourth-order valence-electron chi connectivity index (χ4n) is 3.72. The van der Waals surface area contributed by atoms with Crippen LogP contribution in [0.3, 0.4) is 0 Å². The third-order valence-corrected chi connectivity index (χ3v) is 4.89. The highest BCUT2D eigenvalue weighted by atomic mass is 32.1. The average Bonchev–Trinajstić information content (AvgIpc) is 2.56. The molecule has 0 radical (unpaired) electrons. The van der Waals surface area contributed by atoms with Crippen LogP contribution in [0.25, 0.3) is 0 Å². The molecule has 0 bridgehead atoms. The van der Waals surface area contributed by atoms with Crippen LogP contribution in [0.2, 0.25) is 0 Å². The van der Waals surface area contributed by atoms with E-state index in [2.05, 4.69) is 44.9 Å². The number of nitrogens with zero attached hydrogens (tertiary/aromatic N) is 1. The average molecular weight is 266 g/mol. The minimum atomic E-state index is 0.460. The molecule has 1 N–H and O–H groups in total. The predicted octanol–water partition coefficient (Wildman–Crippen LogP) is 4.15. The Morgan fingerprint density at radius 1 is 1.28 bits per heavy atom. The van der Waals surface area contributed by atoms with Gasteiger partial charge in [-0.2, -0.15) is 0 Å². The second-order valence-corrected chi connectivity index (χ2v) is 8.29. The summed E-state index contributed by atoms with van der Waals surface area (Å²) in [6.45, 7) is 12.7. The second-order valence-electron chi connectivity index (χ2n) is 7.35. The minimum Gasteiger partial charge on any atom is -0.309 e. The maximum atomic E-state index is 4.32. The molecule has 2 nitrogen and oxygen atoms in total. The Bertz CT molecular complexity index is 390. The number of nitrogens with one attached hydrogen (secondary N) is 1. The van der Waals surface area contributed by atoms with Crippen LogP contribution in [0.15, 0.2) is 5.51 Å². The maximum absolute atomic E-state index is 4.32. The van der Waals surface area contributed by atoms with Crippen molar-refractivity contribution in [3.63, 3.8) is 0 Å². The van der Waals surface area contributed by atoms with Crippen molar-refractivity contribution >= 4 is 11.3 Å². The van der Waals surface area contributed by atoms with Crippen LogP contribution in [0.5, 0.6) is 0 Å². The minimum absolute atomic E-state index is 0.460. The van der Waals surface area contributed by atoms with E-state index >= 15 is 0 Å². The summed E-state index contributed by atoms with van der Waals surface area (Å²) < 4.78 is 0. The van der Waals surface area contributed by atoms with E-state index in [9.17, 15) is 0 Å². The third-order valence-electron chi connectivity index (χ3n) is 3.95. The molecule has 2 rings (SSSR count). The van der Waals surface area contributed by atoms with E-state index in [1.807, 2.05) is 5.51 Å². The molecule has 0 atom stereocenters. The van der Waals surface area contributed by atoms with Gasteiger partial charge in [0.2, 0.25) is 0 Å². The zero-order valence-corrected chi connectivity index (χ0v) is 13.2. The van der Waals surface area contributed by atoms with Gasteiger partial charge in [0.25, 0.3) is 0 Å². The molecule has 1 aromatic heterocycles. The number of rotatable bonds is 3. The molecule has 1 aliphatic rings. The molecular formula is C15H26N2S. The summed E-state index contributed by atoms with van der Waals surface area (Å²) in [6, 6.07) is 0.644. The Morgan fingerprint density at radius 3 is 2.39 bits per heavy atom. The van der Waals surface area contributed by atoms with Gasteiger partial charge in [-0.05, 0) is 37.0 Å². The Kier molecular flexibility index (Phi) is 3.84. The third kappa shape index (κ3) is 3.55.